The predicted octanol–water partition coefficient (Wildman–Crippen LogP) is 4.83. The Morgan fingerprint density at radius 1 is 1.10 bits per heavy atom. The maximum Gasteiger partial charge on any atom is 0.280 e. The minimum absolute atomic E-state index is 0.0757. The van der Waals surface area contributed by atoms with Crippen LogP contribution >= 0.6 is 0 Å². The third-order valence-electron chi connectivity index (χ3n) is 6.91. The fourth-order valence-corrected chi connectivity index (χ4v) is 4.82. The lowest BCUT2D eigenvalue weighted by atomic mass is 9.83. The third kappa shape index (κ3) is 3.93. The molecule has 0 spiro atoms. The molecule has 1 saturated carbocycles. The monoisotopic (exact) mass is 426 g/mol. The fourth-order valence-electron chi connectivity index (χ4n) is 4.82. The summed E-state index contributed by atoms with van der Waals surface area (Å²) < 4.78 is 28.6. The van der Waals surface area contributed by atoms with Gasteiger partial charge < -0.3 is 0 Å². The quantitative estimate of drug-likeness (QED) is 0.585. The first-order chi connectivity index (χ1) is 14.9. The largest absolute Gasteiger partial charge is 0.296 e. The summed E-state index contributed by atoms with van der Waals surface area (Å²) in [6.07, 6.45) is 2.21. The van der Waals surface area contributed by atoms with Crippen molar-refractivity contribution in [2.75, 3.05) is 13.1 Å². The van der Waals surface area contributed by atoms with Crippen LogP contribution in [0.1, 0.15) is 85.8 Å². The number of piperidine rings is 1. The Balaban J connectivity index is 1.46. The van der Waals surface area contributed by atoms with E-state index in [4.69, 9.17) is 4.98 Å². The molecule has 3 aromatic rings. The Labute approximate surface area is 180 Å². The van der Waals surface area contributed by atoms with E-state index in [-0.39, 0.29) is 23.4 Å². The lowest BCUT2D eigenvalue weighted by Crippen LogP contribution is -2.40. The number of alkyl halides is 2. The highest BCUT2D eigenvalue weighted by atomic mass is 19.3. The van der Waals surface area contributed by atoms with Crippen LogP contribution in [-0.2, 0) is 0 Å². The van der Waals surface area contributed by atoms with E-state index in [9.17, 15) is 8.78 Å². The molecule has 0 aromatic carbocycles. The highest BCUT2D eigenvalue weighted by Crippen LogP contribution is 2.41. The summed E-state index contributed by atoms with van der Waals surface area (Å²) in [5, 5.41) is 4.28. The maximum absolute atomic E-state index is 13.5. The number of fused-ring (bicyclic) bond motifs is 1. The summed E-state index contributed by atoms with van der Waals surface area (Å²) in [6, 6.07) is 6.19. The number of hydrogen-bond acceptors (Lipinski definition) is 5. The molecule has 2 aliphatic rings. The van der Waals surface area contributed by atoms with Gasteiger partial charge in [0.15, 0.2) is 0 Å². The van der Waals surface area contributed by atoms with E-state index in [1.165, 1.54) is 36.5 Å². The molecule has 0 bridgehead atoms. The van der Waals surface area contributed by atoms with E-state index in [0.29, 0.717) is 11.8 Å². The molecule has 1 saturated heterocycles. The summed E-state index contributed by atoms with van der Waals surface area (Å²) in [5.41, 5.74) is 4.10. The molecule has 3 atom stereocenters. The number of likely N-dealkylation sites (tertiary alicyclic amines) is 1. The van der Waals surface area contributed by atoms with Crippen molar-refractivity contribution in [3.05, 3.63) is 52.9 Å². The first kappa shape index (κ1) is 20.4. The van der Waals surface area contributed by atoms with E-state index in [2.05, 4.69) is 52.9 Å². The number of aryl methyl sites for hydroxylation is 1. The minimum atomic E-state index is -2.63. The van der Waals surface area contributed by atoms with Crippen molar-refractivity contribution in [2.24, 2.45) is 5.92 Å². The number of rotatable bonds is 5. The van der Waals surface area contributed by atoms with Crippen molar-refractivity contribution in [1.82, 2.24) is 29.5 Å². The molecule has 164 valence electrons. The molecule has 1 aliphatic carbocycles. The van der Waals surface area contributed by atoms with Crippen LogP contribution in [0, 0.1) is 12.8 Å². The SMILES string of the molecule is Cc1cc([C@H](C)N2CC[C@@H](C)[C@H](c3cc(C(F)F)nc4ncnn34)C2)cc(C2CC2)n1. The molecule has 0 unspecified atom stereocenters. The predicted molar refractivity (Wildman–Crippen MR) is 113 cm³/mol. The van der Waals surface area contributed by atoms with Crippen molar-refractivity contribution in [1.29, 1.82) is 0 Å². The van der Waals surface area contributed by atoms with Crippen LogP contribution in [0.15, 0.2) is 24.5 Å². The zero-order valence-corrected chi connectivity index (χ0v) is 18.2. The number of nitrogens with zero attached hydrogens (tertiary/aromatic N) is 6. The number of halogens is 2. The van der Waals surface area contributed by atoms with Gasteiger partial charge in [0, 0.05) is 35.8 Å². The molecular weight excluding hydrogens is 398 g/mol. The van der Waals surface area contributed by atoms with Crippen LogP contribution in [0.3, 0.4) is 0 Å². The van der Waals surface area contributed by atoms with Crippen LogP contribution in [0.2, 0.25) is 0 Å². The second-order valence-electron chi connectivity index (χ2n) is 9.16. The Bertz CT molecular complexity index is 1090. The van der Waals surface area contributed by atoms with Crippen LogP contribution < -0.4 is 0 Å². The minimum Gasteiger partial charge on any atom is -0.296 e. The van der Waals surface area contributed by atoms with Gasteiger partial charge in [0.05, 0.1) is 5.69 Å². The molecule has 1 aliphatic heterocycles. The van der Waals surface area contributed by atoms with E-state index in [1.807, 2.05) is 0 Å². The first-order valence-corrected chi connectivity index (χ1v) is 11.1. The van der Waals surface area contributed by atoms with E-state index in [1.54, 1.807) is 4.52 Å². The molecule has 31 heavy (non-hydrogen) atoms. The zero-order valence-electron chi connectivity index (χ0n) is 18.2. The van der Waals surface area contributed by atoms with E-state index in [0.717, 1.165) is 30.9 Å². The second kappa shape index (κ2) is 7.89. The van der Waals surface area contributed by atoms with Crippen LogP contribution in [0.4, 0.5) is 8.78 Å². The van der Waals surface area contributed by atoms with Gasteiger partial charge in [0.2, 0.25) is 0 Å². The first-order valence-electron chi connectivity index (χ1n) is 11.1. The molecule has 0 amide bonds. The van der Waals surface area contributed by atoms with Crippen LogP contribution in [-0.4, -0.2) is 42.6 Å². The van der Waals surface area contributed by atoms with Gasteiger partial charge in [-0.3, -0.25) is 9.88 Å². The van der Waals surface area contributed by atoms with Crippen molar-refractivity contribution in [3.63, 3.8) is 0 Å². The molecule has 0 radical (unpaired) electrons. The second-order valence-corrected chi connectivity index (χ2v) is 9.16. The average molecular weight is 427 g/mol. The molecule has 3 aromatic heterocycles. The lowest BCUT2D eigenvalue weighted by Gasteiger charge is -2.40. The smallest absolute Gasteiger partial charge is 0.280 e. The summed E-state index contributed by atoms with van der Waals surface area (Å²) in [4.78, 5) is 15.2. The molecule has 4 heterocycles. The summed E-state index contributed by atoms with van der Waals surface area (Å²) in [6.45, 7) is 8.25. The van der Waals surface area contributed by atoms with Gasteiger partial charge in [-0.05, 0) is 69.3 Å². The Morgan fingerprint density at radius 3 is 2.65 bits per heavy atom. The standard InChI is InChI=1S/C23H28F2N6/c1-13-6-7-30(15(3)17-8-14(2)28-19(9-17)16-4-5-16)11-18(13)21-10-20(22(24)25)29-23-26-12-27-31(21)23/h8-10,12-13,15-16,18,22H,4-7,11H2,1-3H3/t13-,15+,18-/m1/s1. The molecule has 2 fully saturated rings. The van der Waals surface area contributed by atoms with Gasteiger partial charge >= 0.3 is 0 Å². The highest BCUT2D eigenvalue weighted by Gasteiger charge is 2.33. The van der Waals surface area contributed by atoms with Gasteiger partial charge in [-0.25, -0.2) is 18.3 Å². The van der Waals surface area contributed by atoms with Crippen LogP contribution in [0.5, 0.6) is 0 Å². The summed E-state index contributed by atoms with van der Waals surface area (Å²) >= 11 is 0. The molecular formula is C23H28F2N6. The van der Waals surface area contributed by atoms with Crippen molar-refractivity contribution in [3.8, 4) is 0 Å². The van der Waals surface area contributed by atoms with Gasteiger partial charge in [-0.2, -0.15) is 10.1 Å². The summed E-state index contributed by atoms with van der Waals surface area (Å²) in [7, 11) is 0. The van der Waals surface area contributed by atoms with Crippen molar-refractivity contribution in [2.45, 2.75) is 64.3 Å². The van der Waals surface area contributed by atoms with Gasteiger partial charge in [0.25, 0.3) is 12.2 Å². The Hall–Kier alpha value is -2.48. The maximum atomic E-state index is 13.5. The molecule has 8 heteroatoms. The highest BCUT2D eigenvalue weighted by molar-refractivity contribution is 5.33. The van der Waals surface area contributed by atoms with Crippen molar-refractivity contribution < 1.29 is 8.78 Å². The van der Waals surface area contributed by atoms with Crippen LogP contribution in [0.25, 0.3) is 5.78 Å². The van der Waals surface area contributed by atoms with E-state index < -0.39 is 6.43 Å². The van der Waals surface area contributed by atoms with E-state index >= 15 is 0 Å². The number of pyridine rings is 1. The number of hydrogen-bond donors (Lipinski definition) is 0. The third-order valence-corrected chi connectivity index (χ3v) is 6.91. The topological polar surface area (TPSA) is 59.2 Å². The lowest BCUT2D eigenvalue weighted by molar-refractivity contribution is 0.123. The van der Waals surface area contributed by atoms with Gasteiger partial charge in [-0.1, -0.05) is 6.92 Å². The molecule has 0 N–H and O–H groups in total. The summed E-state index contributed by atoms with van der Waals surface area (Å²) in [5.74, 6) is 1.28. The van der Waals surface area contributed by atoms with Gasteiger partial charge in [0.1, 0.15) is 12.0 Å². The Morgan fingerprint density at radius 2 is 1.90 bits per heavy atom. The zero-order chi connectivity index (χ0) is 21.7. The molecule has 5 rings (SSSR count). The fraction of sp³-hybridized carbons (Fsp3) is 0.565. The van der Waals surface area contributed by atoms with Crippen molar-refractivity contribution >= 4 is 5.78 Å². The number of aromatic nitrogens is 5. The normalized spacial score (nSPS) is 23.5. The Kier molecular flexibility index (Phi) is 5.20. The average Bonchev–Trinajstić information content (AvgIpc) is 3.49. The molecule has 6 nitrogen and oxygen atoms in total. The van der Waals surface area contributed by atoms with Gasteiger partial charge in [-0.15, -0.1) is 0 Å².